The summed E-state index contributed by atoms with van der Waals surface area (Å²) in [5.74, 6) is 8.95. The summed E-state index contributed by atoms with van der Waals surface area (Å²) in [6, 6.07) is 34.9. The summed E-state index contributed by atoms with van der Waals surface area (Å²) >= 11 is 0. The molecule has 6 saturated carbocycles. The number of fused-ring (bicyclic) bond motifs is 15. The number of likely N-dealkylation sites (tertiary alicyclic amines) is 3. The standard InChI is InChI=1S/2C33H48N4O2.C32H46N4O2/c38-32(39)14-16-35-15-6-9-25(22-35)33-34-30-12-3-4-13-31(30)37(33)29-20-26-10-5-11-27(21-29)36(26)28-18-23-7-1-2-8-24(17-23)19-28;38-32(39)14-17-35-15-12-25(13-16-35)33-34-30-10-3-4-11-31(30)37(33)29-21-26-8-5-9-27(22-29)36(26)28-19-23-6-1-2-7-24(18-23)20-28;37-31(38)21-34-14-12-24(13-15-34)32-33-29-10-3-4-11-30(29)36(32)28-19-25-8-5-9-26(20-28)35(25)27-17-22-6-1-2-7-23(16-22)18-27/h3-4,12-13,23-29H,1-2,5-11,14-22H2,(H,38,39);3-4,10-11,23-29H,1-2,5-9,12-22H2,(H,38,39);3-4,10-11,22-28H,1-2,5-9,12-21H2,(H,37,38)/t23-,24+,25-,26-,27+,28?,29?;23-,24+,26-,27+,28?,29?;22-,23+,25-,26+,27?,28?/m0../s1. The smallest absolute Gasteiger partial charge is 0.317 e. The summed E-state index contributed by atoms with van der Waals surface area (Å²) in [6.07, 6.45) is 58.0. The van der Waals surface area contributed by atoms with Crippen molar-refractivity contribution in [3.8, 4) is 0 Å². The van der Waals surface area contributed by atoms with E-state index in [0.717, 1.165) is 184 Å². The molecule has 3 aromatic carbocycles. The van der Waals surface area contributed by atoms with Gasteiger partial charge < -0.3 is 38.8 Å². The fourth-order valence-electron chi connectivity index (χ4n) is 29.1. The number of aliphatic carboxylic acids is 3. The summed E-state index contributed by atoms with van der Waals surface area (Å²) in [6.45, 7) is 7.10. The quantitative estimate of drug-likeness (QED) is 0.0783. The Morgan fingerprint density at radius 1 is 0.284 bits per heavy atom. The van der Waals surface area contributed by atoms with Gasteiger partial charge in [-0.3, -0.25) is 34.0 Å². The third-order valence-electron chi connectivity index (χ3n) is 33.7. The lowest BCUT2D eigenvalue weighted by molar-refractivity contribution is -0.139. The molecule has 3 aromatic heterocycles. The number of rotatable bonds is 17. The number of carboxylic acids is 3. The van der Waals surface area contributed by atoms with Crippen molar-refractivity contribution in [2.75, 3.05) is 58.9 Å². The Labute approximate surface area is 692 Å². The van der Waals surface area contributed by atoms with Gasteiger partial charge in [0.25, 0.3) is 0 Å². The summed E-state index contributed by atoms with van der Waals surface area (Å²) < 4.78 is 8.07. The van der Waals surface area contributed by atoms with E-state index < -0.39 is 17.9 Å². The highest BCUT2D eigenvalue weighted by Crippen LogP contribution is 2.53. The van der Waals surface area contributed by atoms with E-state index in [9.17, 15) is 24.6 Å². The van der Waals surface area contributed by atoms with Crippen LogP contribution in [-0.4, -0.2) is 205 Å². The molecule has 6 aromatic rings. The Bertz CT molecular complexity index is 4220. The number of imidazole rings is 3. The number of benzene rings is 3. The highest BCUT2D eigenvalue weighted by atomic mass is 16.4. The van der Waals surface area contributed by atoms with Crippen molar-refractivity contribution in [3.05, 3.63) is 90.3 Å². The molecule has 0 spiro atoms. The van der Waals surface area contributed by atoms with Gasteiger partial charge in [0.2, 0.25) is 0 Å². The van der Waals surface area contributed by atoms with Gasteiger partial charge in [0.1, 0.15) is 17.5 Å². The molecule has 0 radical (unpaired) electrons. The van der Waals surface area contributed by atoms with Crippen molar-refractivity contribution in [1.29, 1.82) is 0 Å². The lowest BCUT2D eigenvalue weighted by Gasteiger charge is -2.55. The van der Waals surface area contributed by atoms with Gasteiger partial charge in [-0.15, -0.1) is 0 Å². The molecule has 12 heterocycles. The molecule has 6 unspecified atom stereocenters. The number of para-hydroxylation sites is 6. The molecule has 3 N–H and O–H groups in total. The Morgan fingerprint density at radius 3 is 0.922 bits per heavy atom. The molecule has 12 bridgehead atoms. The van der Waals surface area contributed by atoms with Gasteiger partial charge in [-0.1, -0.05) is 133 Å². The van der Waals surface area contributed by atoms with E-state index in [1.165, 1.54) is 265 Å². The van der Waals surface area contributed by atoms with Crippen molar-refractivity contribution >= 4 is 51.0 Å². The number of nitrogens with zero attached hydrogens (tertiary/aromatic N) is 12. The van der Waals surface area contributed by atoms with Gasteiger partial charge in [-0.2, -0.15) is 0 Å². The van der Waals surface area contributed by atoms with Crippen LogP contribution in [0, 0.1) is 35.5 Å². The Morgan fingerprint density at radius 2 is 0.595 bits per heavy atom. The first-order chi connectivity index (χ1) is 56.9. The minimum atomic E-state index is -0.716. The number of carbonyl (C=O) groups is 3. The molecule has 116 heavy (non-hydrogen) atoms. The Hall–Kier alpha value is -5.76. The monoisotopic (exact) mass is 1580 g/mol. The molecule has 19 atom stereocenters. The van der Waals surface area contributed by atoms with Crippen LogP contribution in [-0.2, 0) is 14.4 Å². The second-order valence-corrected chi connectivity index (χ2v) is 41.0. The van der Waals surface area contributed by atoms with Gasteiger partial charge in [-0.25, -0.2) is 15.0 Å². The summed E-state index contributed by atoms with van der Waals surface area (Å²) in [4.78, 5) is 65.5. The van der Waals surface area contributed by atoms with Crippen LogP contribution in [0.2, 0.25) is 0 Å². The molecular formula is C98H142N12O6. The topological polar surface area (TPSA) is 185 Å². The first kappa shape index (κ1) is 80.0. The first-order valence-electron chi connectivity index (χ1n) is 48.4. The molecule has 15 aliphatic rings. The third-order valence-corrected chi connectivity index (χ3v) is 33.7. The zero-order chi connectivity index (χ0) is 78.3. The third kappa shape index (κ3) is 17.6. The van der Waals surface area contributed by atoms with Gasteiger partial charge in [0.15, 0.2) is 0 Å². The fourth-order valence-corrected chi connectivity index (χ4v) is 29.1. The van der Waals surface area contributed by atoms with E-state index in [-0.39, 0.29) is 19.4 Å². The summed E-state index contributed by atoms with van der Waals surface area (Å²) in [5, 5.41) is 27.6. The molecule has 6 aliphatic carbocycles. The van der Waals surface area contributed by atoms with Crippen LogP contribution in [0.3, 0.4) is 0 Å². The van der Waals surface area contributed by atoms with Crippen molar-refractivity contribution in [2.24, 2.45) is 35.5 Å². The zero-order valence-electron chi connectivity index (χ0n) is 70.5. The van der Waals surface area contributed by atoms with Crippen LogP contribution in [0.4, 0.5) is 0 Å². The normalized spacial score (nSPS) is 35.3. The predicted octanol–water partition coefficient (Wildman–Crippen LogP) is 19.4. The van der Waals surface area contributed by atoms with E-state index >= 15 is 0 Å². The fraction of sp³-hybridized carbons (Fsp3) is 0.755. The largest absolute Gasteiger partial charge is 0.481 e. The van der Waals surface area contributed by atoms with Crippen molar-refractivity contribution in [3.63, 3.8) is 0 Å². The Balaban J connectivity index is 0.000000116. The number of carboxylic acid groups (broad SMARTS) is 3. The maximum absolute atomic E-state index is 11.2. The van der Waals surface area contributed by atoms with Crippen LogP contribution < -0.4 is 0 Å². The minimum Gasteiger partial charge on any atom is -0.481 e. The predicted molar refractivity (Wildman–Crippen MR) is 460 cm³/mol. The number of hydrogen-bond donors (Lipinski definition) is 3. The lowest BCUT2D eigenvalue weighted by Crippen LogP contribution is -2.58. The minimum absolute atomic E-state index is 0.161. The Kier molecular flexibility index (Phi) is 24.9. The molecule has 9 aliphatic heterocycles. The highest BCUT2D eigenvalue weighted by molar-refractivity contribution is 5.78. The first-order valence-corrected chi connectivity index (χ1v) is 48.4. The van der Waals surface area contributed by atoms with Crippen LogP contribution in [0.1, 0.15) is 336 Å². The summed E-state index contributed by atoms with van der Waals surface area (Å²) in [5.41, 5.74) is 7.40. The van der Waals surface area contributed by atoms with Gasteiger partial charge in [-0.05, 0) is 278 Å². The summed E-state index contributed by atoms with van der Waals surface area (Å²) in [7, 11) is 0. The lowest BCUT2D eigenvalue weighted by atomic mass is 9.73. The van der Waals surface area contributed by atoms with Gasteiger partial charge in [0.05, 0.1) is 52.5 Å². The van der Waals surface area contributed by atoms with Crippen LogP contribution in [0.25, 0.3) is 33.1 Å². The number of hydrogen-bond acceptors (Lipinski definition) is 12. The molecular weight excluding hydrogens is 1440 g/mol. The van der Waals surface area contributed by atoms with E-state index in [4.69, 9.17) is 20.1 Å². The maximum atomic E-state index is 11.2. The van der Waals surface area contributed by atoms with Crippen molar-refractivity contribution in [2.45, 2.75) is 373 Å². The SMILES string of the molecule is O=C(O)CCN1CCC(c2nc3ccccc3n2C2C[C@H]3CCC[C@@H](C2)N3C2C[C@H]3CCCC[C@@H](C2)C3)CC1.O=C(O)CCN1CCC[C@H](c2nc3ccccc3n2C2C[C@H]3CCC[C@@H](C2)N3C2C[C@H]3CCCC[C@@H](C2)C3)C1.O=C(O)CN1CCC(c2nc3ccccc3n2C2C[C@H]3CCC[C@@H](C2)N3C2C[C@H]3CCCC[C@@H](C2)C3)CC1. The van der Waals surface area contributed by atoms with E-state index in [1.54, 1.807) is 0 Å². The molecule has 21 rings (SSSR count). The van der Waals surface area contributed by atoms with E-state index in [1.807, 2.05) is 0 Å². The molecule has 18 nitrogen and oxygen atoms in total. The van der Waals surface area contributed by atoms with Crippen molar-refractivity contribution in [1.82, 2.24) is 58.1 Å². The van der Waals surface area contributed by atoms with Crippen molar-refractivity contribution < 1.29 is 29.7 Å². The molecule has 0 amide bonds. The average Bonchev–Trinajstić information content (AvgIpc) is 1.52. The second kappa shape index (κ2) is 36.1. The second-order valence-electron chi connectivity index (χ2n) is 41.0. The highest BCUT2D eigenvalue weighted by Gasteiger charge is 2.50. The van der Waals surface area contributed by atoms with Gasteiger partial charge >= 0.3 is 17.9 Å². The molecule has 630 valence electrons. The van der Waals surface area contributed by atoms with E-state index in [2.05, 4.69) is 116 Å². The molecule has 9 saturated heterocycles. The zero-order valence-corrected chi connectivity index (χ0v) is 70.5. The molecule has 18 heteroatoms. The van der Waals surface area contributed by atoms with E-state index in [0.29, 0.717) is 49.0 Å². The van der Waals surface area contributed by atoms with Crippen LogP contribution in [0.15, 0.2) is 72.8 Å². The van der Waals surface area contributed by atoms with Gasteiger partial charge in [0, 0.05) is 110 Å². The molecule has 15 fully saturated rings. The number of aromatic nitrogens is 6. The number of piperidine rings is 9. The van der Waals surface area contributed by atoms with Crippen LogP contribution in [0.5, 0.6) is 0 Å². The maximum Gasteiger partial charge on any atom is 0.317 e. The van der Waals surface area contributed by atoms with Crippen LogP contribution >= 0.6 is 0 Å². The average molecular weight is 1580 g/mol.